The summed E-state index contributed by atoms with van der Waals surface area (Å²) in [5.74, 6) is 0.170. The molecule has 0 radical (unpaired) electrons. The number of nitrogens with one attached hydrogen (secondary N) is 1. The van der Waals surface area contributed by atoms with Crippen LogP contribution in [-0.4, -0.2) is 31.6 Å². The molecule has 1 aliphatic rings. The SMILES string of the molecule is Cc1nc(N2CCC(O)(c3ccc(Cl)c(C(F)(F)F)c3)CC2)c(C#N)c(C)c1NS(=O)(=O)c1cccc(C(F)(F)F)c1. The minimum absolute atomic E-state index is 0.0134. The van der Waals surface area contributed by atoms with Crippen molar-refractivity contribution >= 4 is 33.1 Å². The van der Waals surface area contributed by atoms with Gasteiger partial charge in [0.05, 0.1) is 43.6 Å². The van der Waals surface area contributed by atoms with E-state index < -0.39 is 49.0 Å². The predicted molar refractivity (Wildman–Crippen MR) is 142 cm³/mol. The predicted octanol–water partition coefficient (Wildman–Crippen LogP) is 6.55. The number of rotatable bonds is 5. The Bertz CT molecular complexity index is 1680. The third-order valence-electron chi connectivity index (χ3n) is 7.13. The van der Waals surface area contributed by atoms with Crippen molar-refractivity contribution in [2.45, 2.75) is 49.5 Å². The summed E-state index contributed by atoms with van der Waals surface area (Å²) in [6, 6.07) is 8.39. The van der Waals surface area contributed by atoms with Crippen LogP contribution in [0, 0.1) is 25.2 Å². The highest BCUT2D eigenvalue weighted by atomic mass is 35.5. The number of hydrogen-bond acceptors (Lipinski definition) is 6. The smallest absolute Gasteiger partial charge is 0.385 e. The van der Waals surface area contributed by atoms with Crippen LogP contribution in [0.2, 0.25) is 5.02 Å². The first-order valence-electron chi connectivity index (χ1n) is 12.3. The zero-order valence-corrected chi connectivity index (χ0v) is 23.6. The van der Waals surface area contributed by atoms with Gasteiger partial charge in [0, 0.05) is 13.1 Å². The normalized spacial score (nSPS) is 15.8. The molecule has 4 rings (SSSR count). The lowest BCUT2D eigenvalue weighted by atomic mass is 9.83. The van der Waals surface area contributed by atoms with Gasteiger partial charge in [-0.1, -0.05) is 23.7 Å². The Hall–Kier alpha value is -3.54. The van der Waals surface area contributed by atoms with Crippen LogP contribution in [0.1, 0.15) is 46.4 Å². The topological polar surface area (TPSA) is 106 Å². The van der Waals surface area contributed by atoms with Crippen LogP contribution in [0.25, 0.3) is 0 Å². The van der Waals surface area contributed by atoms with Gasteiger partial charge in [0.1, 0.15) is 11.9 Å². The number of aryl methyl sites for hydroxylation is 1. The van der Waals surface area contributed by atoms with E-state index in [0.717, 1.165) is 30.3 Å². The number of aromatic nitrogens is 1. The fourth-order valence-corrected chi connectivity index (χ4v) is 6.24. The molecule has 0 saturated carbocycles. The highest BCUT2D eigenvalue weighted by Crippen LogP contribution is 2.41. The first-order valence-corrected chi connectivity index (χ1v) is 14.2. The van der Waals surface area contributed by atoms with Crippen molar-refractivity contribution in [2.24, 2.45) is 0 Å². The Labute approximate surface area is 242 Å². The van der Waals surface area contributed by atoms with Gasteiger partial charge in [-0.2, -0.15) is 31.6 Å². The summed E-state index contributed by atoms with van der Waals surface area (Å²) in [6.07, 6.45) is -9.50. The first kappa shape index (κ1) is 31.4. The quantitative estimate of drug-likeness (QED) is 0.309. The third-order valence-corrected chi connectivity index (χ3v) is 8.81. The maximum Gasteiger partial charge on any atom is 0.417 e. The lowest BCUT2D eigenvalue weighted by molar-refractivity contribution is -0.138. The number of sulfonamides is 1. The van der Waals surface area contributed by atoms with Crippen molar-refractivity contribution in [3.63, 3.8) is 0 Å². The van der Waals surface area contributed by atoms with Gasteiger partial charge in [0.25, 0.3) is 10.0 Å². The average molecular weight is 633 g/mol. The van der Waals surface area contributed by atoms with E-state index in [4.69, 9.17) is 11.6 Å². The summed E-state index contributed by atoms with van der Waals surface area (Å²) in [4.78, 5) is 5.41. The number of hydrogen-bond donors (Lipinski definition) is 2. The van der Waals surface area contributed by atoms with E-state index in [1.165, 1.54) is 19.9 Å². The standard InChI is InChI=1S/C27H23ClF6N4O3S/c1-15-20(14-35)24(36-16(2)23(15)37-42(40,41)19-5-3-4-18(12-19)26(29,30)31)38-10-8-25(39,9-11-38)17-6-7-22(28)21(13-17)27(32,33)34/h3-7,12-13,37,39H,8-11H2,1-2H3. The second-order valence-electron chi connectivity index (χ2n) is 9.85. The number of alkyl halides is 6. The number of anilines is 2. The molecule has 3 aromatic rings. The van der Waals surface area contributed by atoms with Crippen LogP contribution in [0.15, 0.2) is 47.4 Å². The van der Waals surface area contributed by atoms with E-state index in [9.17, 15) is 45.1 Å². The van der Waals surface area contributed by atoms with Crippen LogP contribution in [0.5, 0.6) is 0 Å². The Kier molecular flexibility index (Phi) is 8.18. The van der Waals surface area contributed by atoms with Crippen molar-refractivity contribution in [1.29, 1.82) is 5.26 Å². The van der Waals surface area contributed by atoms with E-state index in [1.54, 1.807) is 4.90 Å². The summed E-state index contributed by atoms with van der Waals surface area (Å²) in [7, 11) is -4.50. The van der Waals surface area contributed by atoms with Crippen molar-refractivity contribution in [1.82, 2.24) is 4.98 Å². The van der Waals surface area contributed by atoms with Gasteiger partial charge in [-0.25, -0.2) is 13.4 Å². The summed E-state index contributed by atoms with van der Waals surface area (Å²) in [6.45, 7) is 3.09. The molecule has 7 nitrogen and oxygen atoms in total. The lowest BCUT2D eigenvalue weighted by Gasteiger charge is -2.40. The van der Waals surface area contributed by atoms with Gasteiger partial charge in [0.2, 0.25) is 0 Å². The van der Waals surface area contributed by atoms with Crippen LogP contribution >= 0.6 is 11.6 Å². The zero-order chi connectivity index (χ0) is 31.3. The molecular formula is C27H23ClF6N4O3S. The molecule has 2 aromatic carbocycles. The van der Waals surface area contributed by atoms with Gasteiger partial charge in [-0.3, -0.25) is 4.72 Å². The number of benzene rings is 2. The molecule has 0 unspecified atom stereocenters. The maximum atomic E-state index is 13.4. The fraction of sp³-hybridized carbons (Fsp3) is 0.333. The molecule has 2 N–H and O–H groups in total. The highest BCUT2D eigenvalue weighted by Gasteiger charge is 2.39. The zero-order valence-electron chi connectivity index (χ0n) is 22.0. The monoisotopic (exact) mass is 632 g/mol. The van der Waals surface area contributed by atoms with Crippen LogP contribution < -0.4 is 9.62 Å². The molecule has 1 saturated heterocycles. The van der Waals surface area contributed by atoms with Gasteiger partial charge < -0.3 is 10.0 Å². The molecule has 224 valence electrons. The molecule has 0 bridgehead atoms. The summed E-state index contributed by atoms with van der Waals surface area (Å²) < 4.78 is 108. The lowest BCUT2D eigenvalue weighted by Crippen LogP contribution is -2.43. The molecular weight excluding hydrogens is 610 g/mol. The number of nitrogens with zero attached hydrogens (tertiary/aromatic N) is 3. The Balaban J connectivity index is 1.61. The van der Waals surface area contributed by atoms with E-state index in [-0.39, 0.29) is 59.8 Å². The highest BCUT2D eigenvalue weighted by molar-refractivity contribution is 7.92. The van der Waals surface area contributed by atoms with Crippen molar-refractivity contribution in [3.8, 4) is 6.07 Å². The number of pyridine rings is 1. The molecule has 2 heterocycles. The van der Waals surface area contributed by atoms with E-state index >= 15 is 0 Å². The number of aliphatic hydroxyl groups is 1. The van der Waals surface area contributed by atoms with Gasteiger partial charge >= 0.3 is 12.4 Å². The molecule has 15 heteroatoms. The molecule has 0 atom stereocenters. The Morgan fingerprint density at radius 1 is 1.05 bits per heavy atom. The summed E-state index contributed by atoms with van der Waals surface area (Å²) in [5, 5.41) is 20.6. The number of halogens is 7. The first-order chi connectivity index (χ1) is 19.4. The van der Waals surface area contributed by atoms with E-state index in [1.807, 2.05) is 6.07 Å². The van der Waals surface area contributed by atoms with Crippen molar-refractivity contribution in [3.05, 3.63) is 81.0 Å². The van der Waals surface area contributed by atoms with Gasteiger partial charge in [-0.05, 0) is 68.1 Å². The maximum absolute atomic E-state index is 13.4. The molecule has 0 aliphatic carbocycles. The molecule has 42 heavy (non-hydrogen) atoms. The van der Waals surface area contributed by atoms with Gasteiger partial charge in [0.15, 0.2) is 0 Å². The molecule has 1 aromatic heterocycles. The number of nitriles is 1. The Morgan fingerprint density at radius 2 is 1.69 bits per heavy atom. The molecule has 0 spiro atoms. The largest absolute Gasteiger partial charge is 0.417 e. The fourth-order valence-electron chi connectivity index (χ4n) is 4.79. The minimum Gasteiger partial charge on any atom is -0.385 e. The van der Waals surface area contributed by atoms with Crippen LogP contribution in [0.4, 0.5) is 37.8 Å². The molecule has 1 fully saturated rings. The van der Waals surface area contributed by atoms with Crippen LogP contribution in [0.3, 0.4) is 0 Å². The Morgan fingerprint density at radius 3 is 2.26 bits per heavy atom. The van der Waals surface area contributed by atoms with E-state index in [0.29, 0.717) is 6.07 Å². The second kappa shape index (κ2) is 10.9. The van der Waals surface area contributed by atoms with Crippen LogP contribution in [-0.2, 0) is 28.0 Å². The summed E-state index contributed by atoms with van der Waals surface area (Å²) in [5.41, 5.74) is -3.59. The third kappa shape index (κ3) is 6.13. The molecule has 0 amide bonds. The number of piperidine rings is 1. The molecule has 1 aliphatic heterocycles. The minimum atomic E-state index is -4.76. The summed E-state index contributed by atoms with van der Waals surface area (Å²) >= 11 is 5.71. The average Bonchev–Trinajstić information content (AvgIpc) is 2.90. The van der Waals surface area contributed by atoms with Crippen molar-refractivity contribution < 1.29 is 39.9 Å². The van der Waals surface area contributed by atoms with Gasteiger partial charge in [-0.15, -0.1) is 0 Å². The van der Waals surface area contributed by atoms with E-state index in [2.05, 4.69) is 9.71 Å². The van der Waals surface area contributed by atoms with Crippen molar-refractivity contribution in [2.75, 3.05) is 22.7 Å². The second-order valence-corrected chi connectivity index (χ2v) is 11.9.